The number of benzene rings is 1. The van der Waals surface area contributed by atoms with Crippen molar-refractivity contribution in [2.24, 2.45) is 0 Å². The van der Waals surface area contributed by atoms with Crippen LogP contribution in [0.2, 0.25) is 0 Å². The zero-order valence-corrected chi connectivity index (χ0v) is 11.2. The van der Waals surface area contributed by atoms with Gasteiger partial charge in [0, 0.05) is 12.7 Å². The van der Waals surface area contributed by atoms with Crippen molar-refractivity contribution in [1.29, 1.82) is 0 Å². The van der Waals surface area contributed by atoms with Gasteiger partial charge in [0.2, 0.25) is 0 Å². The van der Waals surface area contributed by atoms with Crippen LogP contribution in [0, 0.1) is 0 Å². The van der Waals surface area contributed by atoms with Crippen LogP contribution in [0.3, 0.4) is 0 Å². The summed E-state index contributed by atoms with van der Waals surface area (Å²) in [4.78, 5) is 0. The molecule has 0 radical (unpaired) electrons. The van der Waals surface area contributed by atoms with Gasteiger partial charge in [-0.3, -0.25) is 10.9 Å². The first-order valence-corrected chi connectivity index (χ1v) is 5.66. The highest BCUT2D eigenvalue weighted by atomic mass is 32.1. The number of nitrogens with one attached hydrogen (secondary N) is 4. The van der Waals surface area contributed by atoms with Gasteiger partial charge in [-0.15, -0.1) is 0 Å². The first kappa shape index (κ1) is 13.5. The van der Waals surface area contributed by atoms with Gasteiger partial charge in [0.05, 0.1) is 7.11 Å². The molecule has 1 aromatic rings. The zero-order valence-electron chi connectivity index (χ0n) is 9.53. The average Bonchev–Trinajstić information content (AvgIpc) is 2.36. The summed E-state index contributed by atoms with van der Waals surface area (Å²) in [5.41, 5.74) is 6.32. The number of anilines is 1. The normalized spacial score (nSPS) is 9.06. The van der Waals surface area contributed by atoms with Crippen LogP contribution in [0.15, 0.2) is 24.3 Å². The molecule has 0 unspecified atom stereocenters. The minimum absolute atomic E-state index is 0.424. The second-order valence-corrected chi connectivity index (χ2v) is 3.83. The molecule has 92 valence electrons. The van der Waals surface area contributed by atoms with Crippen LogP contribution in [0.4, 0.5) is 5.69 Å². The molecule has 0 bridgehead atoms. The molecule has 1 rings (SSSR count). The van der Waals surface area contributed by atoms with E-state index >= 15 is 0 Å². The minimum Gasteiger partial charge on any atom is -0.497 e. The third-order valence-electron chi connectivity index (χ3n) is 1.86. The fourth-order valence-electron chi connectivity index (χ4n) is 1.01. The van der Waals surface area contributed by atoms with E-state index in [1.807, 2.05) is 24.3 Å². The predicted octanol–water partition coefficient (Wildman–Crippen LogP) is 0.990. The first-order chi connectivity index (χ1) is 8.15. The fourth-order valence-corrected chi connectivity index (χ4v) is 1.23. The Hall–Kier alpha value is -1.60. The lowest BCUT2D eigenvalue weighted by Gasteiger charge is -2.12. The SMILES string of the molecule is CNC(=S)NNC(=S)Nc1ccc(OC)cc1. The van der Waals surface area contributed by atoms with Gasteiger partial charge in [-0.25, -0.2) is 0 Å². The summed E-state index contributed by atoms with van der Waals surface area (Å²) in [5.74, 6) is 0.795. The maximum Gasteiger partial charge on any atom is 0.189 e. The van der Waals surface area contributed by atoms with Crippen LogP contribution in [0.1, 0.15) is 0 Å². The van der Waals surface area contributed by atoms with E-state index in [9.17, 15) is 0 Å². The Kier molecular flexibility index (Phi) is 5.44. The highest BCUT2D eigenvalue weighted by molar-refractivity contribution is 7.80. The van der Waals surface area contributed by atoms with Crippen molar-refractivity contribution >= 4 is 40.3 Å². The summed E-state index contributed by atoms with van der Waals surface area (Å²) in [5, 5.41) is 6.63. The quantitative estimate of drug-likeness (QED) is 0.472. The summed E-state index contributed by atoms with van der Waals surface area (Å²) < 4.78 is 5.05. The van der Waals surface area contributed by atoms with E-state index in [4.69, 9.17) is 29.2 Å². The van der Waals surface area contributed by atoms with Crippen molar-refractivity contribution in [2.75, 3.05) is 19.5 Å². The highest BCUT2D eigenvalue weighted by Gasteiger charge is 1.98. The number of hydrogen-bond acceptors (Lipinski definition) is 3. The summed E-state index contributed by atoms with van der Waals surface area (Å²) >= 11 is 9.94. The maximum atomic E-state index is 5.06. The number of methoxy groups -OCH3 is 1. The molecule has 0 aliphatic carbocycles. The van der Waals surface area contributed by atoms with Crippen LogP contribution >= 0.6 is 24.4 Å². The predicted molar refractivity (Wildman–Crippen MR) is 77.1 cm³/mol. The van der Waals surface area contributed by atoms with Crippen LogP contribution in [0.25, 0.3) is 0 Å². The molecule has 5 nitrogen and oxygen atoms in total. The molecule has 0 heterocycles. The van der Waals surface area contributed by atoms with E-state index in [1.54, 1.807) is 14.2 Å². The zero-order chi connectivity index (χ0) is 12.7. The lowest BCUT2D eigenvalue weighted by atomic mass is 10.3. The summed E-state index contributed by atoms with van der Waals surface area (Å²) in [6.45, 7) is 0. The summed E-state index contributed by atoms with van der Waals surface area (Å²) in [6.07, 6.45) is 0. The Morgan fingerprint density at radius 1 is 1.06 bits per heavy atom. The van der Waals surface area contributed by atoms with E-state index < -0.39 is 0 Å². The van der Waals surface area contributed by atoms with E-state index in [0.717, 1.165) is 11.4 Å². The third-order valence-corrected chi connectivity index (χ3v) is 2.37. The molecule has 7 heteroatoms. The van der Waals surface area contributed by atoms with Gasteiger partial charge in [-0.1, -0.05) is 0 Å². The first-order valence-electron chi connectivity index (χ1n) is 4.84. The monoisotopic (exact) mass is 270 g/mol. The molecule has 0 saturated heterocycles. The largest absolute Gasteiger partial charge is 0.497 e. The van der Waals surface area contributed by atoms with Gasteiger partial charge in [0.1, 0.15) is 5.75 Å². The molecule has 0 aliphatic heterocycles. The fraction of sp³-hybridized carbons (Fsp3) is 0.200. The van der Waals surface area contributed by atoms with Gasteiger partial charge < -0.3 is 15.4 Å². The molecular formula is C10H14N4OS2. The van der Waals surface area contributed by atoms with Gasteiger partial charge >= 0.3 is 0 Å². The average molecular weight is 270 g/mol. The molecule has 0 saturated carbocycles. The molecule has 0 fully saturated rings. The van der Waals surface area contributed by atoms with Gasteiger partial charge in [0.15, 0.2) is 10.2 Å². The number of rotatable bonds is 2. The van der Waals surface area contributed by atoms with E-state index in [-0.39, 0.29) is 0 Å². The standard InChI is InChI=1S/C10H14N4OS2/c1-11-9(16)13-14-10(17)12-7-3-5-8(15-2)6-4-7/h3-6H,1-2H3,(H2,11,13,16)(H2,12,14,17). The van der Waals surface area contributed by atoms with Crippen LogP contribution in [-0.2, 0) is 0 Å². The smallest absolute Gasteiger partial charge is 0.189 e. The number of hydrazine groups is 1. The Labute approximate surface area is 111 Å². The highest BCUT2D eigenvalue weighted by Crippen LogP contribution is 2.14. The number of ether oxygens (including phenoxy) is 1. The second kappa shape index (κ2) is 6.87. The Morgan fingerprint density at radius 2 is 1.65 bits per heavy atom. The Morgan fingerprint density at radius 3 is 2.18 bits per heavy atom. The Bertz CT molecular complexity index is 394. The summed E-state index contributed by atoms with van der Waals surface area (Å²) in [7, 11) is 3.34. The van der Waals surface area contributed by atoms with Crippen LogP contribution in [-0.4, -0.2) is 24.4 Å². The molecular weight excluding hydrogens is 256 g/mol. The van der Waals surface area contributed by atoms with Crippen molar-refractivity contribution in [1.82, 2.24) is 16.2 Å². The van der Waals surface area contributed by atoms with Crippen molar-refractivity contribution < 1.29 is 4.74 Å². The molecule has 0 aliphatic rings. The number of hydrogen-bond donors (Lipinski definition) is 4. The maximum absolute atomic E-state index is 5.06. The van der Waals surface area contributed by atoms with Crippen molar-refractivity contribution in [3.63, 3.8) is 0 Å². The number of thiocarbonyl (C=S) groups is 2. The summed E-state index contributed by atoms with van der Waals surface area (Å²) in [6, 6.07) is 7.42. The van der Waals surface area contributed by atoms with Gasteiger partial charge in [-0.2, -0.15) is 0 Å². The molecule has 4 N–H and O–H groups in total. The van der Waals surface area contributed by atoms with Crippen LogP contribution < -0.4 is 26.2 Å². The minimum atomic E-state index is 0.424. The lowest BCUT2D eigenvalue weighted by Crippen LogP contribution is -2.47. The molecule has 0 amide bonds. The van der Waals surface area contributed by atoms with E-state index in [1.165, 1.54) is 0 Å². The Balaban J connectivity index is 2.42. The van der Waals surface area contributed by atoms with E-state index in [2.05, 4.69) is 21.5 Å². The van der Waals surface area contributed by atoms with Crippen molar-refractivity contribution in [2.45, 2.75) is 0 Å². The molecule has 0 spiro atoms. The van der Waals surface area contributed by atoms with Gasteiger partial charge in [-0.05, 0) is 48.7 Å². The second-order valence-electron chi connectivity index (χ2n) is 3.01. The molecule has 0 aromatic heterocycles. The van der Waals surface area contributed by atoms with Crippen molar-refractivity contribution in [3.8, 4) is 5.75 Å². The topological polar surface area (TPSA) is 57.3 Å². The van der Waals surface area contributed by atoms with Crippen molar-refractivity contribution in [3.05, 3.63) is 24.3 Å². The third kappa shape index (κ3) is 4.83. The molecule has 17 heavy (non-hydrogen) atoms. The lowest BCUT2D eigenvalue weighted by molar-refractivity contribution is 0.415. The van der Waals surface area contributed by atoms with Gasteiger partial charge in [0.25, 0.3) is 0 Å². The van der Waals surface area contributed by atoms with Crippen LogP contribution in [0.5, 0.6) is 5.75 Å². The molecule has 1 aromatic carbocycles. The van der Waals surface area contributed by atoms with E-state index in [0.29, 0.717) is 10.2 Å². The molecule has 0 atom stereocenters.